The van der Waals surface area contributed by atoms with Crippen LogP contribution >= 0.6 is 0 Å². The number of hydrogen-bond donors (Lipinski definition) is 0. The molecular formula is C19H31NO3SSi. The molecule has 4 atom stereocenters. The van der Waals surface area contributed by atoms with E-state index < -0.39 is 18.3 Å². The van der Waals surface area contributed by atoms with E-state index >= 15 is 0 Å². The van der Waals surface area contributed by atoms with E-state index in [-0.39, 0.29) is 23.2 Å². The van der Waals surface area contributed by atoms with Crippen LogP contribution in [0.1, 0.15) is 33.3 Å². The van der Waals surface area contributed by atoms with Crippen LogP contribution < -0.4 is 0 Å². The van der Waals surface area contributed by atoms with Gasteiger partial charge in [0.1, 0.15) is 0 Å². The highest BCUT2D eigenvalue weighted by Gasteiger charge is 2.57. The second kappa shape index (κ2) is 6.65. The summed E-state index contributed by atoms with van der Waals surface area (Å²) in [5.74, 6) is 0. The van der Waals surface area contributed by atoms with E-state index in [4.69, 9.17) is 4.43 Å². The summed E-state index contributed by atoms with van der Waals surface area (Å²) in [6, 6.07) is 6.59. The summed E-state index contributed by atoms with van der Waals surface area (Å²) >= 11 is 0. The van der Waals surface area contributed by atoms with Crippen LogP contribution in [0.5, 0.6) is 0 Å². The molecule has 1 heterocycles. The van der Waals surface area contributed by atoms with Crippen LogP contribution in [0, 0.1) is 6.92 Å². The predicted molar refractivity (Wildman–Crippen MR) is 106 cm³/mol. The second-order valence-corrected chi connectivity index (χ2v) is 15.0. The lowest BCUT2D eigenvalue weighted by Crippen LogP contribution is -2.45. The molecule has 2 rings (SSSR count). The van der Waals surface area contributed by atoms with Gasteiger partial charge in [-0.05, 0) is 44.1 Å². The van der Waals surface area contributed by atoms with E-state index in [1.54, 1.807) is 18.2 Å². The Kier molecular flexibility index (Phi) is 5.41. The molecule has 4 nitrogen and oxygen atoms in total. The van der Waals surface area contributed by atoms with Crippen LogP contribution in [0.2, 0.25) is 18.1 Å². The number of sulfonamides is 1. The monoisotopic (exact) mass is 381 g/mol. The Labute approximate surface area is 154 Å². The SMILES string of the molecule is C=C[C@@H]1[C@H]([C@@H](C)O[Si](C)(C)C(C)(C)C)N1S(=O)(=O)c1ccc(C)cc1. The lowest BCUT2D eigenvalue weighted by molar-refractivity contribution is 0.188. The van der Waals surface area contributed by atoms with Crippen LogP contribution in [-0.4, -0.2) is 39.2 Å². The average Bonchev–Trinajstić information content (AvgIpc) is 3.21. The number of rotatable bonds is 6. The largest absolute Gasteiger partial charge is 0.413 e. The van der Waals surface area contributed by atoms with Crippen molar-refractivity contribution < 1.29 is 12.8 Å². The third kappa shape index (κ3) is 3.92. The molecular weight excluding hydrogens is 350 g/mol. The molecule has 1 unspecified atom stereocenters. The fraction of sp³-hybridized carbons (Fsp3) is 0.579. The lowest BCUT2D eigenvalue weighted by Gasteiger charge is -2.38. The molecule has 0 spiro atoms. The average molecular weight is 382 g/mol. The van der Waals surface area contributed by atoms with Crippen molar-refractivity contribution >= 4 is 18.3 Å². The van der Waals surface area contributed by atoms with Gasteiger partial charge < -0.3 is 4.43 Å². The Hall–Kier alpha value is -0.953. The van der Waals surface area contributed by atoms with Gasteiger partial charge in [-0.1, -0.05) is 44.5 Å². The summed E-state index contributed by atoms with van der Waals surface area (Å²) < 4.78 is 33.9. The minimum absolute atomic E-state index is 0.0838. The molecule has 6 heteroatoms. The van der Waals surface area contributed by atoms with Gasteiger partial charge in [0.15, 0.2) is 8.32 Å². The first-order valence-electron chi connectivity index (χ1n) is 8.73. The summed E-state index contributed by atoms with van der Waals surface area (Å²) in [6.07, 6.45) is 1.55. The van der Waals surface area contributed by atoms with Gasteiger partial charge in [-0.3, -0.25) is 0 Å². The van der Waals surface area contributed by atoms with Crippen molar-refractivity contribution in [3.63, 3.8) is 0 Å². The molecule has 25 heavy (non-hydrogen) atoms. The molecule has 0 amide bonds. The first kappa shape index (κ1) is 20.4. The Morgan fingerprint density at radius 2 is 1.76 bits per heavy atom. The minimum Gasteiger partial charge on any atom is -0.413 e. The van der Waals surface area contributed by atoms with Gasteiger partial charge in [0.25, 0.3) is 0 Å². The Balaban J connectivity index is 2.23. The Morgan fingerprint density at radius 3 is 2.20 bits per heavy atom. The molecule has 0 aromatic heterocycles. The van der Waals surface area contributed by atoms with Crippen molar-refractivity contribution in [2.24, 2.45) is 0 Å². The second-order valence-electron chi connectivity index (χ2n) is 8.45. The van der Waals surface area contributed by atoms with E-state index in [2.05, 4.69) is 40.4 Å². The van der Waals surface area contributed by atoms with Gasteiger partial charge in [-0.2, -0.15) is 4.31 Å². The maximum atomic E-state index is 13.0. The van der Waals surface area contributed by atoms with E-state index in [1.165, 1.54) is 4.31 Å². The summed E-state index contributed by atoms with van der Waals surface area (Å²) in [4.78, 5) is 0.326. The summed E-state index contributed by atoms with van der Waals surface area (Å²) in [7, 11) is -5.50. The lowest BCUT2D eigenvalue weighted by atomic mass is 10.2. The fourth-order valence-electron chi connectivity index (χ4n) is 2.84. The zero-order valence-electron chi connectivity index (χ0n) is 16.4. The van der Waals surface area contributed by atoms with Crippen LogP contribution in [0.3, 0.4) is 0 Å². The summed E-state index contributed by atoms with van der Waals surface area (Å²) in [5, 5.41) is 0.0838. The molecule has 1 saturated heterocycles. The van der Waals surface area contributed by atoms with Crippen molar-refractivity contribution in [3.8, 4) is 0 Å². The number of nitrogens with zero attached hydrogens (tertiary/aromatic N) is 1. The molecule has 0 saturated carbocycles. The number of benzene rings is 1. The van der Waals surface area contributed by atoms with Gasteiger partial charge >= 0.3 is 0 Å². The molecule has 0 N–H and O–H groups in total. The van der Waals surface area contributed by atoms with Crippen molar-refractivity contribution in [2.45, 2.75) is 75.8 Å². The van der Waals surface area contributed by atoms with Crippen molar-refractivity contribution in [2.75, 3.05) is 0 Å². The smallest absolute Gasteiger partial charge is 0.244 e. The molecule has 1 aliphatic heterocycles. The van der Waals surface area contributed by atoms with E-state index in [1.807, 2.05) is 26.0 Å². The van der Waals surface area contributed by atoms with Gasteiger partial charge in [0.05, 0.1) is 23.1 Å². The van der Waals surface area contributed by atoms with Crippen LogP contribution in [0.4, 0.5) is 0 Å². The Morgan fingerprint density at radius 1 is 1.24 bits per heavy atom. The minimum atomic E-state index is -3.53. The zero-order valence-corrected chi connectivity index (χ0v) is 18.2. The third-order valence-electron chi connectivity index (χ3n) is 5.45. The van der Waals surface area contributed by atoms with Gasteiger partial charge in [0, 0.05) is 0 Å². The van der Waals surface area contributed by atoms with Crippen molar-refractivity contribution in [1.82, 2.24) is 4.31 Å². The van der Waals surface area contributed by atoms with Gasteiger partial charge in [0.2, 0.25) is 10.0 Å². The summed E-state index contributed by atoms with van der Waals surface area (Å²) in [5.41, 5.74) is 1.04. The van der Waals surface area contributed by atoms with Gasteiger partial charge in [-0.25, -0.2) is 8.42 Å². The molecule has 1 fully saturated rings. The highest BCUT2D eigenvalue weighted by atomic mass is 32.2. The normalized spacial score (nSPS) is 25.5. The molecule has 1 aromatic carbocycles. The molecule has 1 aliphatic rings. The maximum absolute atomic E-state index is 13.0. The van der Waals surface area contributed by atoms with Gasteiger partial charge in [-0.15, -0.1) is 6.58 Å². The molecule has 0 aliphatic carbocycles. The van der Waals surface area contributed by atoms with Crippen LogP contribution in [-0.2, 0) is 14.4 Å². The topological polar surface area (TPSA) is 46.4 Å². The van der Waals surface area contributed by atoms with Crippen LogP contribution in [0.15, 0.2) is 41.8 Å². The van der Waals surface area contributed by atoms with E-state index in [0.29, 0.717) is 4.90 Å². The quantitative estimate of drug-likeness (QED) is 0.418. The van der Waals surface area contributed by atoms with E-state index in [0.717, 1.165) is 5.56 Å². The third-order valence-corrected chi connectivity index (χ3v) is 11.9. The van der Waals surface area contributed by atoms with Crippen molar-refractivity contribution in [3.05, 3.63) is 42.5 Å². The highest BCUT2D eigenvalue weighted by molar-refractivity contribution is 7.89. The zero-order chi connectivity index (χ0) is 19.2. The van der Waals surface area contributed by atoms with Crippen molar-refractivity contribution in [1.29, 1.82) is 0 Å². The molecule has 140 valence electrons. The molecule has 1 aromatic rings. The first-order chi connectivity index (χ1) is 11.3. The predicted octanol–water partition coefficient (Wildman–Crippen LogP) is 4.33. The number of hydrogen-bond acceptors (Lipinski definition) is 3. The van der Waals surface area contributed by atoms with E-state index in [9.17, 15) is 8.42 Å². The highest BCUT2D eigenvalue weighted by Crippen LogP contribution is 2.43. The number of aryl methyl sites for hydroxylation is 1. The Bertz CT molecular complexity index is 735. The molecule has 0 bridgehead atoms. The summed E-state index contributed by atoms with van der Waals surface area (Å²) in [6.45, 7) is 18.7. The van der Waals surface area contributed by atoms with Crippen LogP contribution in [0.25, 0.3) is 0 Å². The molecule has 0 radical (unpaired) electrons. The first-order valence-corrected chi connectivity index (χ1v) is 13.1. The standard InChI is InChI=1S/C19H31NO3SSi/c1-9-17-18(15(3)23-25(7,8)19(4,5)6)20(17)24(21,22)16-12-10-14(2)11-13-16/h9-13,15,17-18H,1H2,2-8H3/t15-,17-,18+,20?/m1/s1. The maximum Gasteiger partial charge on any atom is 0.244 e. The fourth-order valence-corrected chi connectivity index (χ4v) is 6.08.